The number of hydrogen-bond acceptors (Lipinski definition) is 4. The first-order valence-electron chi connectivity index (χ1n) is 9.92. The summed E-state index contributed by atoms with van der Waals surface area (Å²) in [5.74, 6) is 3.08. The Morgan fingerprint density at radius 1 is 1.07 bits per heavy atom. The number of rotatable bonds is 5. The Hall–Kier alpha value is -2.43. The standard InChI is InChI=1S/C22H27NO4/c1-25-19-10-4-5-11-20(19)26-15-17-12-13-21(27-17)22(24)23-14-6-8-16-7-2-3-9-18(16)23/h4-5,10-13,16,18H,2-3,6-9,14-15H2,1H3. The van der Waals surface area contributed by atoms with Crippen LogP contribution in [-0.4, -0.2) is 30.5 Å². The maximum Gasteiger partial charge on any atom is 0.289 e. The average Bonchev–Trinajstić information content (AvgIpc) is 3.20. The molecule has 1 aliphatic carbocycles. The molecule has 2 unspecified atom stereocenters. The van der Waals surface area contributed by atoms with Gasteiger partial charge >= 0.3 is 0 Å². The van der Waals surface area contributed by atoms with Gasteiger partial charge < -0.3 is 18.8 Å². The molecule has 1 saturated heterocycles. The summed E-state index contributed by atoms with van der Waals surface area (Å²) >= 11 is 0. The lowest BCUT2D eigenvalue weighted by molar-refractivity contribution is 0.0359. The maximum atomic E-state index is 13.0. The molecule has 2 heterocycles. The molecule has 2 aromatic rings. The molecule has 1 aliphatic heterocycles. The third kappa shape index (κ3) is 3.82. The Morgan fingerprint density at radius 3 is 2.70 bits per heavy atom. The summed E-state index contributed by atoms with van der Waals surface area (Å²) in [5.41, 5.74) is 0. The highest BCUT2D eigenvalue weighted by Crippen LogP contribution is 2.36. The zero-order valence-electron chi connectivity index (χ0n) is 15.9. The number of methoxy groups -OCH3 is 1. The quantitative estimate of drug-likeness (QED) is 0.769. The number of benzene rings is 1. The first-order chi connectivity index (χ1) is 13.3. The number of carbonyl (C=O) groups excluding carboxylic acids is 1. The van der Waals surface area contributed by atoms with Gasteiger partial charge in [-0.15, -0.1) is 0 Å². The fourth-order valence-electron chi connectivity index (χ4n) is 4.48. The highest BCUT2D eigenvalue weighted by atomic mass is 16.5. The molecule has 1 aromatic carbocycles. The van der Waals surface area contributed by atoms with Crippen molar-refractivity contribution in [2.75, 3.05) is 13.7 Å². The van der Waals surface area contributed by atoms with Crippen LogP contribution in [-0.2, 0) is 6.61 Å². The van der Waals surface area contributed by atoms with Crippen molar-refractivity contribution in [3.05, 3.63) is 47.9 Å². The van der Waals surface area contributed by atoms with Crippen molar-refractivity contribution in [3.8, 4) is 11.5 Å². The third-order valence-corrected chi connectivity index (χ3v) is 5.82. The predicted octanol–water partition coefficient (Wildman–Crippen LogP) is 4.66. The summed E-state index contributed by atoms with van der Waals surface area (Å²) < 4.78 is 16.9. The lowest BCUT2D eigenvalue weighted by atomic mass is 9.78. The highest BCUT2D eigenvalue weighted by molar-refractivity contribution is 5.91. The van der Waals surface area contributed by atoms with Crippen molar-refractivity contribution >= 4 is 5.91 Å². The Kier molecular flexibility index (Phi) is 5.37. The van der Waals surface area contributed by atoms with Gasteiger partial charge in [0.25, 0.3) is 5.91 Å². The van der Waals surface area contributed by atoms with E-state index >= 15 is 0 Å². The number of likely N-dealkylation sites (tertiary alicyclic amines) is 1. The number of hydrogen-bond donors (Lipinski definition) is 0. The van der Waals surface area contributed by atoms with E-state index in [1.54, 1.807) is 13.2 Å². The van der Waals surface area contributed by atoms with Crippen LogP contribution in [0.5, 0.6) is 11.5 Å². The first kappa shape index (κ1) is 18.0. The zero-order chi connectivity index (χ0) is 18.6. The molecule has 2 atom stereocenters. The minimum Gasteiger partial charge on any atom is -0.493 e. The molecule has 0 radical (unpaired) electrons. The number of fused-ring (bicyclic) bond motifs is 1. The van der Waals surface area contributed by atoms with Crippen LogP contribution in [0.4, 0.5) is 0 Å². The SMILES string of the molecule is COc1ccccc1OCc1ccc(C(=O)N2CCCC3CCCCC32)o1. The summed E-state index contributed by atoms with van der Waals surface area (Å²) in [6, 6.07) is 11.5. The summed E-state index contributed by atoms with van der Waals surface area (Å²) in [4.78, 5) is 15.1. The van der Waals surface area contributed by atoms with Gasteiger partial charge in [-0.25, -0.2) is 0 Å². The van der Waals surface area contributed by atoms with Crippen LogP contribution >= 0.6 is 0 Å². The second-order valence-electron chi connectivity index (χ2n) is 7.46. The van der Waals surface area contributed by atoms with E-state index < -0.39 is 0 Å². The van der Waals surface area contributed by atoms with Crippen LogP contribution in [0.2, 0.25) is 0 Å². The van der Waals surface area contributed by atoms with Crippen LogP contribution in [0.15, 0.2) is 40.8 Å². The number of piperidine rings is 1. The first-order valence-corrected chi connectivity index (χ1v) is 9.92. The highest BCUT2D eigenvalue weighted by Gasteiger charge is 2.36. The summed E-state index contributed by atoms with van der Waals surface area (Å²) in [6.07, 6.45) is 7.25. The Labute approximate surface area is 160 Å². The van der Waals surface area contributed by atoms with Crippen molar-refractivity contribution in [3.63, 3.8) is 0 Å². The van der Waals surface area contributed by atoms with Gasteiger partial charge in [0.1, 0.15) is 12.4 Å². The van der Waals surface area contributed by atoms with E-state index in [-0.39, 0.29) is 12.5 Å². The largest absolute Gasteiger partial charge is 0.493 e. The zero-order valence-corrected chi connectivity index (χ0v) is 15.9. The summed E-state index contributed by atoms with van der Waals surface area (Å²) in [5, 5.41) is 0. The van der Waals surface area contributed by atoms with Crippen molar-refractivity contribution in [2.45, 2.75) is 51.2 Å². The van der Waals surface area contributed by atoms with Crippen molar-refractivity contribution in [1.29, 1.82) is 0 Å². The molecule has 0 bridgehead atoms. The van der Waals surface area contributed by atoms with E-state index in [1.807, 2.05) is 30.3 Å². The fraction of sp³-hybridized carbons (Fsp3) is 0.500. The number of furan rings is 1. The normalized spacial score (nSPS) is 22.2. The molecule has 1 saturated carbocycles. The molecule has 5 heteroatoms. The predicted molar refractivity (Wildman–Crippen MR) is 102 cm³/mol. The maximum absolute atomic E-state index is 13.0. The summed E-state index contributed by atoms with van der Waals surface area (Å²) in [7, 11) is 1.61. The molecular weight excluding hydrogens is 342 g/mol. The number of ether oxygens (including phenoxy) is 2. The minimum atomic E-state index is 0.0233. The Morgan fingerprint density at radius 2 is 1.85 bits per heavy atom. The molecule has 0 spiro atoms. The van der Waals surface area contributed by atoms with E-state index in [0.717, 1.165) is 19.4 Å². The van der Waals surface area contributed by atoms with Crippen molar-refractivity contribution < 1.29 is 18.7 Å². The minimum absolute atomic E-state index is 0.0233. The second-order valence-corrected chi connectivity index (χ2v) is 7.46. The van der Waals surface area contributed by atoms with E-state index in [4.69, 9.17) is 13.9 Å². The van der Waals surface area contributed by atoms with Crippen LogP contribution in [0, 0.1) is 5.92 Å². The molecule has 2 aliphatic rings. The lowest BCUT2D eigenvalue weighted by Gasteiger charge is -2.43. The number of nitrogens with zero attached hydrogens (tertiary/aromatic N) is 1. The van der Waals surface area contributed by atoms with Crippen molar-refractivity contribution in [1.82, 2.24) is 4.90 Å². The fourth-order valence-corrected chi connectivity index (χ4v) is 4.48. The van der Waals surface area contributed by atoms with Crippen LogP contribution in [0.25, 0.3) is 0 Å². The van der Waals surface area contributed by atoms with E-state index in [2.05, 4.69) is 4.90 Å². The molecule has 27 heavy (non-hydrogen) atoms. The van der Waals surface area contributed by atoms with Gasteiger partial charge in [-0.05, 0) is 55.9 Å². The number of carbonyl (C=O) groups is 1. The lowest BCUT2D eigenvalue weighted by Crippen LogP contribution is -2.49. The molecule has 144 valence electrons. The van der Waals surface area contributed by atoms with Crippen LogP contribution in [0.3, 0.4) is 0 Å². The molecule has 1 amide bonds. The second kappa shape index (κ2) is 8.07. The molecule has 0 N–H and O–H groups in total. The van der Waals surface area contributed by atoms with Gasteiger partial charge in [0.05, 0.1) is 7.11 Å². The van der Waals surface area contributed by atoms with Crippen LogP contribution in [0.1, 0.15) is 54.8 Å². The number of para-hydroxylation sites is 2. The molecular formula is C22H27NO4. The van der Waals surface area contributed by atoms with E-state index in [1.165, 1.54) is 25.7 Å². The smallest absolute Gasteiger partial charge is 0.289 e. The Balaban J connectivity index is 1.42. The van der Waals surface area contributed by atoms with Gasteiger partial charge in [0.2, 0.25) is 0 Å². The van der Waals surface area contributed by atoms with Gasteiger partial charge in [-0.1, -0.05) is 25.0 Å². The van der Waals surface area contributed by atoms with Gasteiger partial charge in [0, 0.05) is 12.6 Å². The Bertz CT molecular complexity index is 782. The molecule has 5 nitrogen and oxygen atoms in total. The van der Waals surface area contributed by atoms with E-state index in [0.29, 0.717) is 35.0 Å². The molecule has 4 rings (SSSR count). The molecule has 1 aromatic heterocycles. The summed E-state index contributed by atoms with van der Waals surface area (Å²) in [6.45, 7) is 1.10. The topological polar surface area (TPSA) is 51.9 Å². The van der Waals surface area contributed by atoms with Crippen LogP contribution < -0.4 is 9.47 Å². The average molecular weight is 369 g/mol. The monoisotopic (exact) mass is 369 g/mol. The van der Waals surface area contributed by atoms with Gasteiger partial charge in [0.15, 0.2) is 17.3 Å². The third-order valence-electron chi connectivity index (χ3n) is 5.82. The van der Waals surface area contributed by atoms with E-state index in [9.17, 15) is 4.79 Å². The van der Waals surface area contributed by atoms with Crippen molar-refractivity contribution in [2.24, 2.45) is 5.92 Å². The van der Waals surface area contributed by atoms with Gasteiger partial charge in [-0.3, -0.25) is 4.79 Å². The van der Waals surface area contributed by atoms with Gasteiger partial charge in [-0.2, -0.15) is 0 Å². The molecule has 2 fully saturated rings. The number of amides is 1.